The number of hydrogen-bond acceptors (Lipinski definition) is 3. The summed E-state index contributed by atoms with van der Waals surface area (Å²) in [4.78, 5) is 0. The highest BCUT2D eigenvalue weighted by Gasteiger charge is 2.14. The van der Waals surface area contributed by atoms with Crippen LogP contribution in [0.25, 0.3) is 0 Å². The summed E-state index contributed by atoms with van der Waals surface area (Å²) in [6.07, 6.45) is -0.0359. The van der Waals surface area contributed by atoms with Gasteiger partial charge in [0, 0.05) is 12.0 Å². The largest absolute Gasteiger partial charge is 0.504 e. The van der Waals surface area contributed by atoms with E-state index in [1.807, 2.05) is 19.9 Å². The Kier molecular flexibility index (Phi) is 3.58. The Balaban J connectivity index is 3.24. The number of rotatable bonds is 3. The number of phenolic OH excluding ortho intramolecular Hbond substituents is 1. The Morgan fingerprint density at radius 1 is 1.40 bits per heavy atom. The molecule has 1 rings (SSSR count). The third-order valence-corrected chi connectivity index (χ3v) is 2.56. The second-order valence-corrected chi connectivity index (χ2v) is 3.91. The molecular formula is C12H18O3. The minimum Gasteiger partial charge on any atom is -0.504 e. The molecule has 1 unspecified atom stereocenters. The van der Waals surface area contributed by atoms with Crippen LogP contribution in [0.1, 0.15) is 23.6 Å². The third-order valence-electron chi connectivity index (χ3n) is 2.56. The van der Waals surface area contributed by atoms with Gasteiger partial charge in [0.2, 0.25) is 0 Å². The molecule has 1 atom stereocenters. The summed E-state index contributed by atoms with van der Waals surface area (Å²) >= 11 is 0. The first kappa shape index (κ1) is 11.9. The summed E-state index contributed by atoms with van der Waals surface area (Å²) in [5, 5.41) is 19.2. The maximum Gasteiger partial charge on any atom is 0.163 e. The topological polar surface area (TPSA) is 49.7 Å². The van der Waals surface area contributed by atoms with E-state index < -0.39 is 6.10 Å². The molecular weight excluding hydrogens is 192 g/mol. The number of aryl methyl sites for hydroxylation is 1. The number of aromatic hydroxyl groups is 1. The van der Waals surface area contributed by atoms with Crippen molar-refractivity contribution in [3.63, 3.8) is 0 Å². The lowest BCUT2D eigenvalue weighted by atomic mass is 10.00. The lowest BCUT2D eigenvalue weighted by Crippen LogP contribution is -2.06. The molecule has 15 heavy (non-hydrogen) atoms. The van der Waals surface area contributed by atoms with Crippen LogP contribution in [-0.4, -0.2) is 23.4 Å². The zero-order valence-corrected chi connectivity index (χ0v) is 9.66. The first-order valence-corrected chi connectivity index (χ1v) is 5.01. The average molecular weight is 210 g/mol. The minimum atomic E-state index is -0.470. The highest BCUT2D eigenvalue weighted by molar-refractivity contribution is 5.54. The van der Waals surface area contributed by atoms with Gasteiger partial charge in [-0.25, -0.2) is 0 Å². The summed E-state index contributed by atoms with van der Waals surface area (Å²) in [5.41, 5.74) is 2.72. The monoisotopic (exact) mass is 210 g/mol. The van der Waals surface area contributed by atoms with E-state index in [1.54, 1.807) is 6.92 Å². The number of hydrogen-bond donors (Lipinski definition) is 2. The molecule has 3 nitrogen and oxygen atoms in total. The highest BCUT2D eigenvalue weighted by atomic mass is 16.5. The fourth-order valence-corrected chi connectivity index (χ4v) is 1.66. The van der Waals surface area contributed by atoms with Crippen LogP contribution < -0.4 is 4.74 Å². The van der Waals surface area contributed by atoms with Crippen molar-refractivity contribution >= 4 is 0 Å². The molecule has 0 saturated carbocycles. The lowest BCUT2D eigenvalue weighted by molar-refractivity contribution is 0.194. The summed E-state index contributed by atoms with van der Waals surface area (Å²) in [6, 6.07) is 1.89. The Bertz CT molecular complexity index is 356. The number of benzene rings is 1. The summed E-state index contributed by atoms with van der Waals surface area (Å²) in [7, 11) is 1.54. The molecule has 84 valence electrons. The predicted octanol–water partition coefficient (Wildman–Crippen LogP) is 1.94. The van der Waals surface area contributed by atoms with Gasteiger partial charge in [-0.1, -0.05) is 6.07 Å². The molecule has 2 N–H and O–H groups in total. The van der Waals surface area contributed by atoms with Crippen molar-refractivity contribution < 1.29 is 14.9 Å². The van der Waals surface area contributed by atoms with Gasteiger partial charge in [-0.05, 0) is 31.9 Å². The zero-order valence-electron chi connectivity index (χ0n) is 9.66. The second-order valence-electron chi connectivity index (χ2n) is 3.91. The normalized spacial score (nSPS) is 12.6. The van der Waals surface area contributed by atoms with E-state index in [-0.39, 0.29) is 5.75 Å². The van der Waals surface area contributed by atoms with Gasteiger partial charge in [-0.3, -0.25) is 0 Å². The van der Waals surface area contributed by atoms with Crippen LogP contribution in [0.3, 0.4) is 0 Å². The molecule has 0 saturated heterocycles. The summed E-state index contributed by atoms with van der Waals surface area (Å²) < 4.78 is 5.15. The quantitative estimate of drug-likeness (QED) is 0.801. The molecule has 0 heterocycles. The Morgan fingerprint density at radius 3 is 2.47 bits per heavy atom. The molecule has 0 aliphatic heterocycles. The zero-order chi connectivity index (χ0) is 11.6. The molecule has 1 aromatic rings. The Labute approximate surface area is 90.3 Å². The van der Waals surface area contributed by atoms with Gasteiger partial charge in [0.05, 0.1) is 13.2 Å². The Morgan fingerprint density at radius 2 is 2.00 bits per heavy atom. The molecule has 0 radical (unpaired) electrons. The van der Waals surface area contributed by atoms with E-state index >= 15 is 0 Å². The van der Waals surface area contributed by atoms with Crippen molar-refractivity contribution in [1.29, 1.82) is 0 Å². The third kappa shape index (κ3) is 2.42. The summed E-state index contributed by atoms with van der Waals surface area (Å²) in [6.45, 7) is 5.56. The average Bonchev–Trinajstić information content (AvgIpc) is 2.14. The van der Waals surface area contributed by atoms with Crippen LogP contribution in [-0.2, 0) is 6.42 Å². The van der Waals surface area contributed by atoms with E-state index in [0.29, 0.717) is 12.2 Å². The summed E-state index contributed by atoms with van der Waals surface area (Å²) in [5.74, 6) is 0.646. The molecule has 3 heteroatoms. The highest BCUT2D eigenvalue weighted by Crippen LogP contribution is 2.36. The van der Waals surface area contributed by atoms with Crippen LogP contribution in [0.4, 0.5) is 0 Å². The van der Waals surface area contributed by atoms with Crippen molar-refractivity contribution in [1.82, 2.24) is 0 Å². The maximum absolute atomic E-state index is 9.91. The van der Waals surface area contributed by atoms with Crippen molar-refractivity contribution in [3.8, 4) is 11.5 Å². The van der Waals surface area contributed by atoms with E-state index in [4.69, 9.17) is 4.74 Å². The second kappa shape index (κ2) is 4.53. The van der Waals surface area contributed by atoms with Crippen molar-refractivity contribution in [3.05, 3.63) is 22.8 Å². The SMILES string of the molecule is COc1c(C)c(C)cc(CC(C)O)c1O. The van der Waals surface area contributed by atoms with Crippen LogP contribution in [0.2, 0.25) is 0 Å². The van der Waals surface area contributed by atoms with Gasteiger partial charge in [-0.15, -0.1) is 0 Å². The van der Waals surface area contributed by atoms with Crippen molar-refractivity contribution in [2.45, 2.75) is 33.3 Å². The first-order valence-electron chi connectivity index (χ1n) is 5.01. The van der Waals surface area contributed by atoms with Crippen LogP contribution in [0.5, 0.6) is 11.5 Å². The van der Waals surface area contributed by atoms with Gasteiger partial charge >= 0.3 is 0 Å². The first-order chi connectivity index (χ1) is 6.97. The fraction of sp³-hybridized carbons (Fsp3) is 0.500. The standard InChI is InChI=1S/C12H18O3/c1-7-5-10(6-8(2)13)11(14)12(15-4)9(7)3/h5,8,13-14H,6H2,1-4H3. The number of aliphatic hydroxyl groups is 1. The van der Waals surface area contributed by atoms with Gasteiger partial charge in [0.25, 0.3) is 0 Å². The Hall–Kier alpha value is -1.22. The lowest BCUT2D eigenvalue weighted by Gasteiger charge is -2.15. The van der Waals surface area contributed by atoms with Crippen LogP contribution in [0.15, 0.2) is 6.07 Å². The molecule has 0 aliphatic carbocycles. The fourth-order valence-electron chi connectivity index (χ4n) is 1.66. The molecule has 0 spiro atoms. The van der Waals surface area contributed by atoms with E-state index in [0.717, 1.165) is 16.7 Å². The molecule has 0 aliphatic rings. The van der Waals surface area contributed by atoms with Crippen LogP contribution in [0, 0.1) is 13.8 Å². The molecule has 0 bridgehead atoms. The minimum absolute atomic E-state index is 0.140. The number of aliphatic hydroxyl groups excluding tert-OH is 1. The number of methoxy groups -OCH3 is 1. The molecule has 1 aromatic carbocycles. The van der Waals surface area contributed by atoms with Crippen LogP contribution >= 0.6 is 0 Å². The van der Waals surface area contributed by atoms with Gasteiger partial charge < -0.3 is 14.9 Å². The number of ether oxygens (including phenoxy) is 1. The predicted molar refractivity (Wildman–Crippen MR) is 59.5 cm³/mol. The van der Waals surface area contributed by atoms with Gasteiger partial charge in [-0.2, -0.15) is 0 Å². The number of phenols is 1. The molecule has 0 aromatic heterocycles. The molecule has 0 fully saturated rings. The van der Waals surface area contributed by atoms with E-state index in [1.165, 1.54) is 7.11 Å². The maximum atomic E-state index is 9.91. The van der Waals surface area contributed by atoms with E-state index in [2.05, 4.69) is 0 Å². The van der Waals surface area contributed by atoms with Gasteiger partial charge in [0.1, 0.15) is 0 Å². The van der Waals surface area contributed by atoms with E-state index in [9.17, 15) is 10.2 Å². The van der Waals surface area contributed by atoms with Crippen molar-refractivity contribution in [2.75, 3.05) is 7.11 Å². The van der Waals surface area contributed by atoms with Gasteiger partial charge in [0.15, 0.2) is 11.5 Å². The smallest absolute Gasteiger partial charge is 0.163 e. The molecule has 0 amide bonds. The van der Waals surface area contributed by atoms with Crippen molar-refractivity contribution in [2.24, 2.45) is 0 Å².